The molecule has 3 heterocycles. The van der Waals surface area contributed by atoms with E-state index in [1.165, 1.54) is 0 Å². The average Bonchev–Trinajstić information content (AvgIpc) is 3.02. The van der Waals surface area contributed by atoms with Gasteiger partial charge in [-0.1, -0.05) is 0 Å². The highest BCUT2D eigenvalue weighted by Crippen LogP contribution is 2.40. The van der Waals surface area contributed by atoms with Gasteiger partial charge in [0.15, 0.2) is 0 Å². The van der Waals surface area contributed by atoms with Gasteiger partial charge in [0.25, 0.3) is 5.91 Å². The van der Waals surface area contributed by atoms with Crippen molar-refractivity contribution in [2.75, 3.05) is 13.1 Å². The molecule has 2 atom stereocenters. The number of aromatic nitrogens is 2. The van der Waals surface area contributed by atoms with Crippen molar-refractivity contribution in [3.05, 3.63) is 18.0 Å². The Kier molecular flexibility index (Phi) is 4.40. The molecular formula is C18H28N4O2. The number of carbonyl (C=O) groups excluding carboxylic acids is 2. The maximum atomic E-state index is 13.3. The van der Waals surface area contributed by atoms with E-state index in [1.807, 2.05) is 23.6 Å². The van der Waals surface area contributed by atoms with Crippen molar-refractivity contribution in [2.24, 2.45) is 0 Å². The van der Waals surface area contributed by atoms with E-state index in [9.17, 15) is 9.59 Å². The molecule has 0 N–H and O–H groups in total. The first-order valence-corrected chi connectivity index (χ1v) is 8.99. The lowest BCUT2D eigenvalue weighted by Gasteiger charge is -2.56. The van der Waals surface area contributed by atoms with Crippen molar-refractivity contribution in [1.29, 1.82) is 0 Å². The Labute approximate surface area is 143 Å². The molecule has 0 unspecified atom stereocenters. The normalized spacial score (nSPS) is 27.3. The molecule has 1 aromatic rings. The van der Waals surface area contributed by atoms with Crippen LogP contribution in [-0.2, 0) is 4.79 Å². The summed E-state index contributed by atoms with van der Waals surface area (Å²) in [6.07, 6.45) is 5.50. The molecule has 3 rings (SSSR count). The van der Waals surface area contributed by atoms with Crippen LogP contribution in [0.3, 0.4) is 0 Å². The van der Waals surface area contributed by atoms with Crippen molar-refractivity contribution >= 4 is 11.8 Å². The quantitative estimate of drug-likeness (QED) is 0.836. The highest BCUT2D eigenvalue weighted by molar-refractivity contribution is 5.93. The Balaban J connectivity index is 1.94. The first-order chi connectivity index (χ1) is 11.4. The number of amides is 2. The minimum atomic E-state index is -0.286. The second-order valence-electron chi connectivity index (χ2n) is 7.54. The third kappa shape index (κ3) is 2.62. The van der Waals surface area contributed by atoms with Crippen LogP contribution < -0.4 is 0 Å². The van der Waals surface area contributed by atoms with E-state index in [-0.39, 0.29) is 29.4 Å². The lowest BCUT2D eigenvalue weighted by atomic mass is 9.76. The lowest BCUT2D eigenvalue weighted by Crippen LogP contribution is -2.68. The smallest absolute Gasteiger partial charge is 0.272 e. The summed E-state index contributed by atoms with van der Waals surface area (Å²) in [7, 11) is 0. The van der Waals surface area contributed by atoms with E-state index in [4.69, 9.17) is 0 Å². The maximum absolute atomic E-state index is 13.3. The first-order valence-electron chi connectivity index (χ1n) is 8.99. The topological polar surface area (TPSA) is 58.4 Å². The van der Waals surface area contributed by atoms with Crippen LogP contribution in [0.5, 0.6) is 0 Å². The summed E-state index contributed by atoms with van der Waals surface area (Å²) in [5.74, 6) is 0.159. The zero-order chi connectivity index (χ0) is 17.5. The van der Waals surface area contributed by atoms with Crippen LogP contribution in [0.1, 0.15) is 69.9 Å². The molecule has 2 aliphatic heterocycles. The standard InChI is InChI=1S/C18H28N4O2/c1-13(2)22-15(8-10-19-22)17(24)21-12-5-7-16-18(21,4)9-6-11-20(16)14(3)23/h8,10,13,16H,5-7,9,11-12H2,1-4H3/t16-,18-/m0/s1. The molecule has 2 fully saturated rings. The molecular weight excluding hydrogens is 304 g/mol. The largest absolute Gasteiger partial charge is 0.338 e. The van der Waals surface area contributed by atoms with Gasteiger partial charge in [-0.25, -0.2) is 0 Å². The van der Waals surface area contributed by atoms with Gasteiger partial charge in [-0.05, 0) is 52.5 Å². The van der Waals surface area contributed by atoms with Gasteiger partial charge in [-0.3, -0.25) is 14.3 Å². The second kappa shape index (κ2) is 6.22. The van der Waals surface area contributed by atoms with Crippen molar-refractivity contribution in [3.63, 3.8) is 0 Å². The number of likely N-dealkylation sites (tertiary alicyclic amines) is 2. The molecule has 0 spiro atoms. The van der Waals surface area contributed by atoms with Gasteiger partial charge in [-0.15, -0.1) is 0 Å². The predicted octanol–water partition coefficient (Wildman–Crippen LogP) is 2.47. The van der Waals surface area contributed by atoms with Crippen LogP contribution in [0.4, 0.5) is 0 Å². The van der Waals surface area contributed by atoms with Gasteiger partial charge in [0.2, 0.25) is 5.91 Å². The lowest BCUT2D eigenvalue weighted by molar-refractivity contribution is -0.140. The van der Waals surface area contributed by atoms with E-state index >= 15 is 0 Å². The summed E-state index contributed by atoms with van der Waals surface area (Å²) in [5, 5.41) is 4.31. The van der Waals surface area contributed by atoms with Gasteiger partial charge in [0, 0.05) is 32.3 Å². The molecule has 24 heavy (non-hydrogen) atoms. The SMILES string of the molecule is CC(=O)N1CCC[C@@]2(C)[C@@H]1CCCN2C(=O)c1ccnn1C(C)C. The minimum absolute atomic E-state index is 0.0406. The monoisotopic (exact) mass is 332 g/mol. The Bertz CT molecular complexity index is 639. The van der Waals surface area contributed by atoms with E-state index in [0.29, 0.717) is 5.69 Å². The third-order valence-corrected chi connectivity index (χ3v) is 5.68. The molecule has 2 amide bonds. The number of hydrogen-bond donors (Lipinski definition) is 0. The zero-order valence-electron chi connectivity index (χ0n) is 15.2. The molecule has 6 nitrogen and oxygen atoms in total. The van der Waals surface area contributed by atoms with Crippen LogP contribution in [0.25, 0.3) is 0 Å². The fourth-order valence-electron chi connectivity index (χ4n) is 4.49. The van der Waals surface area contributed by atoms with Gasteiger partial charge in [0.05, 0.1) is 11.6 Å². The number of carbonyl (C=O) groups is 2. The van der Waals surface area contributed by atoms with Crippen molar-refractivity contribution in [2.45, 2.75) is 71.0 Å². The van der Waals surface area contributed by atoms with E-state index < -0.39 is 0 Å². The Morgan fingerprint density at radius 1 is 1.29 bits per heavy atom. The molecule has 132 valence electrons. The number of rotatable bonds is 2. The number of piperidine rings is 2. The van der Waals surface area contributed by atoms with Crippen LogP contribution >= 0.6 is 0 Å². The summed E-state index contributed by atoms with van der Waals surface area (Å²) in [5.41, 5.74) is 0.359. The average molecular weight is 332 g/mol. The third-order valence-electron chi connectivity index (χ3n) is 5.68. The summed E-state index contributed by atoms with van der Waals surface area (Å²) in [6, 6.07) is 2.07. The summed E-state index contributed by atoms with van der Waals surface area (Å²) in [6.45, 7) is 9.41. The molecule has 0 saturated carbocycles. The Morgan fingerprint density at radius 2 is 2.04 bits per heavy atom. The second-order valence-corrected chi connectivity index (χ2v) is 7.54. The molecule has 6 heteroatoms. The van der Waals surface area contributed by atoms with Crippen molar-refractivity contribution < 1.29 is 9.59 Å². The number of nitrogens with zero attached hydrogens (tertiary/aromatic N) is 4. The maximum Gasteiger partial charge on any atom is 0.272 e. The summed E-state index contributed by atoms with van der Waals surface area (Å²) < 4.78 is 1.79. The highest BCUT2D eigenvalue weighted by Gasteiger charge is 2.50. The predicted molar refractivity (Wildman–Crippen MR) is 91.7 cm³/mol. The van der Waals surface area contributed by atoms with Gasteiger partial charge < -0.3 is 9.80 Å². The van der Waals surface area contributed by atoms with Crippen LogP contribution in [-0.4, -0.2) is 56.1 Å². The van der Waals surface area contributed by atoms with Crippen LogP contribution in [0.15, 0.2) is 12.3 Å². The molecule has 0 radical (unpaired) electrons. The molecule has 0 aromatic carbocycles. The molecule has 0 bridgehead atoms. The van der Waals surface area contributed by atoms with Crippen LogP contribution in [0.2, 0.25) is 0 Å². The molecule has 0 aliphatic carbocycles. The van der Waals surface area contributed by atoms with Crippen molar-refractivity contribution in [1.82, 2.24) is 19.6 Å². The Morgan fingerprint density at radius 3 is 2.71 bits per heavy atom. The summed E-state index contributed by atoms with van der Waals surface area (Å²) in [4.78, 5) is 29.3. The number of hydrogen-bond acceptors (Lipinski definition) is 3. The van der Waals surface area contributed by atoms with Gasteiger partial charge in [0.1, 0.15) is 5.69 Å². The van der Waals surface area contributed by atoms with Gasteiger partial charge >= 0.3 is 0 Å². The fourth-order valence-corrected chi connectivity index (χ4v) is 4.49. The fraction of sp³-hybridized carbons (Fsp3) is 0.722. The van der Waals surface area contributed by atoms with Gasteiger partial charge in [-0.2, -0.15) is 5.10 Å². The van der Waals surface area contributed by atoms with Crippen LogP contribution in [0, 0.1) is 0 Å². The Hall–Kier alpha value is -1.85. The minimum Gasteiger partial charge on any atom is -0.338 e. The zero-order valence-corrected chi connectivity index (χ0v) is 15.2. The van der Waals surface area contributed by atoms with Crippen molar-refractivity contribution in [3.8, 4) is 0 Å². The van der Waals surface area contributed by atoms with E-state index in [1.54, 1.807) is 23.9 Å². The first kappa shape index (κ1) is 17.0. The number of fused-ring (bicyclic) bond motifs is 1. The molecule has 1 aromatic heterocycles. The highest BCUT2D eigenvalue weighted by atomic mass is 16.2. The molecule has 2 aliphatic rings. The summed E-state index contributed by atoms with van der Waals surface area (Å²) >= 11 is 0. The molecule has 2 saturated heterocycles. The van der Waals surface area contributed by atoms with E-state index in [2.05, 4.69) is 12.0 Å². The van der Waals surface area contributed by atoms with E-state index in [0.717, 1.165) is 38.8 Å².